The van der Waals surface area contributed by atoms with E-state index in [0.717, 1.165) is 49.7 Å². The molecule has 2 aliphatic carbocycles. The third kappa shape index (κ3) is 2.70. The van der Waals surface area contributed by atoms with Gasteiger partial charge >= 0.3 is 0 Å². The van der Waals surface area contributed by atoms with Crippen molar-refractivity contribution in [3.63, 3.8) is 0 Å². The molecule has 2 saturated carbocycles. The number of hydrogen-bond acceptors (Lipinski definition) is 3. The molecular formula is C23H30N2O3. The number of carbonyl (C=O) groups excluding carboxylic acids is 2. The quantitative estimate of drug-likeness (QED) is 0.788. The van der Waals surface area contributed by atoms with Crippen LogP contribution in [0.4, 0.5) is 0 Å². The summed E-state index contributed by atoms with van der Waals surface area (Å²) in [5, 5.41) is 0. The Morgan fingerprint density at radius 2 is 1.68 bits per heavy atom. The number of fused-ring (bicyclic) bond motifs is 1. The molecule has 1 atom stereocenters. The summed E-state index contributed by atoms with van der Waals surface area (Å²) in [4.78, 5) is 31.8. The summed E-state index contributed by atoms with van der Waals surface area (Å²) >= 11 is 0. The van der Waals surface area contributed by atoms with Gasteiger partial charge in [-0.15, -0.1) is 0 Å². The largest absolute Gasteiger partial charge is 0.378 e. The molecule has 0 aromatic heterocycles. The maximum atomic E-state index is 13.9. The fraction of sp³-hybridized carbons (Fsp3) is 0.652. The van der Waals surface area contributed by atoms with Crippen LogP contribution in [0.2, 0.25) is 0 Å². The SMILES string of the molecule is O=C(C1c2ccccc2C(=O)N(C2CCCC2)C12CCCC2)N1CCOCC1. The monoisotopic (exact) mass is 382 g/mol. The van der Waals surface area contributed by atoms with Crippen LogP contribution < -0.4 is 0 Å². The maximum absolute atomic E-state index is 13.9. The second kappa shape index (κ2) is 7.18. The summed E-state index contributed by atoms with van der Waals surface area (Å²) in [6.45, 7) is 2.53. The summed E-state index contributed by atoms with van der Waals surface area (Å²) in [6, 6.07) is 8.18. The second-order valence-corrected chi connectivity index (χ2v) is 8.88. The third-order valence-corrected chi connectivity index (χ3v) is 7.47. The number of carbonyl (C=O) groups is 2. The van der Waals surface area contributed by atoms with E-state index in [1.165, 1.54) is 12.8 Å². The van der Waals surface area contributed by atoms with Crippen molar-refractivity contribution in [2.45, 2.75) is 68.9 Å². The van der Waals surface area contributed by atoms with Crippen molar-refractivity contribution in [3.8, 4) is 0 Å². The summed E-state index contributed by atoms with van der Waals surface area (Å²) in [6.07, 6.45) is 8.64. The minimum Gasteiger partial charge on any atom is -0.378 e. The number of morpholine rings is 1. The summed E-state index contributed by atoms with van der Waals surface area (Å²) in [5.41, 5.74) is 1.37. The molecule has 5 nitrogen and oxygen atoms in total. The molecule has 2 amide bonds. The molecule has 5 heteroatoms. The zero-order valence-corrected chi connectivity index (χ0v) is 16.6. The van der Waals surface area contributed by atoms with Crippen LogP contribution in [-0.4, -0.2) is 59.5 Å². The third-order valence-electron chi connectivity index (χ3n) is 7.47. The van der Waals surface area contributed by atoms with Gasteiger partial charge in [0.1, 0.15) is 0 Å². The topological polar surface area (TPSA) is 49.9 Å². The average Bonchev–Trinajstić information content (AvgIpc) is 3.42. The number of benzene rings is 1. The van der Waals surface area contributed by atoms with E-state index in [0.29, 0.717) is 32.3 Å². The van der Waals surface area contributed by atoms with E-state index in [9.17, 15) is 9.59 Å². The Kier molecular flexibility index (Phi) is 4.66. The molecule has 0 bridgehead atoms. The van der Waals surface area contributed by atoms with E-state index in [1.54, 1.807) is 0 Å². The Labute approximate surface area is 167 Å². The molecule has 0 radical (unpaired) electrons. The summed E-state index contributed by atoms with van der Waals surface area (Å²) < 4.78 is 5.48. The van der Waals surface area contributed by atoms with Crippen molar-refractivity contribution in [2.75, 3.05) is 26.3 Å². The predicted octanol–water partition coefficient (Wildman–Crippen LogP) is 3.34. The zero-order valence-electron chi connectivity index (χ0n) is 16.6. The van der Waals surface area contributed by atoms with Crippen LogP contribution in [0.25, 0.3) is 0 Å². The fourth-order valence-corrected chi connectivity index (χ4v) is 6.24. The van der Waals surface area contributed by atoms with Crippen LogP contribution in [0.15, 0.2) is 24.3 Å². The zero-order chi connectivity index (χ0) is 19.1. The van der Waals surface area contributed by atoms with Crippen LogP contribution in [0.3, 0.4) is 0 Å². The van der Waals surface area contributed by atoms with Gasteiger partial charge in [-0.1, -0.05) is 43.9 Å². The molecule has 1 aromatic rings. The lowest BCUT2D eigenvalue weighted by molar-refractivity contribution is -0.141. The minimum absolute atomic E-state index is 0.162. The summed E-state index contributed by atoms with van der Waals surface area (Å²) in [7, 11) is 0. The first-order valence-corrected chi connectivity index (χ1v) is 11.0. The Hall–Kier alpha value is -1.88. The van der Waals surface area contributed by atoms with E-state index < -0.39 is 0 Å². The Morgan fingerprint density at radius 3 is 2.39 bits per heavy atom. The number of rotatable bonds is 2. The van der Waals surface area contributed by atoms with Gasteiger partial charge in [-0.05, 0) is 37.3 Å². The lowest BCUT2D eigenvalue weighted by Gasteiger charge is -2.53. The highest BCUT2D eigenvalue weighted by Gasteiger charge is 2.58. The van der Waals surface area contributed by atoms with Gasteiger partial charge in [-0.25, -0.2) is 0 Å². The Bertz CT molecular complexity index is 759. The van der Waals surface area contributed by atoms with Crippen molar-refractivity contribution in [3.05, 3.63) is 35.4 Å². The molecule has 1 aromatic carbocycles. The standard InChI is InChI=1S/C23H30N2O3/c26-21-19-10-4-3-9-18(19)20(22(27)24-13-15-28-16-14-24)23(11-5-6-12-23)25(21)17-7-1-2-8-17/h3-4,9-10,17,20H,1-2,5-8,11-16H2. The molecule has 2 heterocycles. The predicted molar refractivity (Wildman–Crippen MR) is 106 cm³/mol. The number of nitrogens with zero attached hydrogens (tertiary/aromatic N) is 2. The molecule has 1 saturated heterocycles. The van der Waals surface area contributed by atoms with Crippen molar-refractivity contribution in [1.29, 1.82) is 0 Å². The molecule has 2 aliphatic heterocycles. The lowest BCUT2D eigenvalue weighted by Crippen LogP contribution is -2.63. The van der Waals surface area contributed by atoms with Crippen molar-refractivity contribution >= 4 is 11.8 Å². The Morgan fingerprint density at radius 1 is 1.00 bits per heavy atom. The van der Waals surface area contributed by atoms with E-state index in [4.69, 9.17) is 4.74 Å². The molecule has 4 aliphatic rings. The van der Waals surface area contributed by atoms with Gasteiger partial charge in [-0.2, -0.15) is 0 Å². The van der Waals surface area contributed by atoms with Gasteiger partial charge in [0.15, 0.2) is 0 Å². The second-order valence-electron chi connectivity index (χ2n) is 8.88. The average molecular weight is 383 g/mol. The first-order valence-electron chi connectivity index (χ1n) is 11.0. The lowest BCUT2D eigenvalue weighted by atomic mass is 9.70. The molecule has 150 valence electrons. The van der Waals surface area contributed by atoms with Crippen LogP contribution in [0, 0.1) is 0 Å². The normalized spacial score (nSPS) is 27.4. The highest BCUT2D eigenvalue weighted by molar-refractivity contribution is 6.02. The molecular weight excluding hydrogens is 352 g/mol. The number of ether oxygens (including phenoxy) is 1. The first kappa shape index (κ1) is 18.2. The molecule has 28 heavy (non-hydrogen) atoms. The van der Waals surface area contributed by atoms with Crippen molar-refractivity contribution in [1.82, 2.24) is 9.80 Å². The fourth-order valence-electron chi connectivity index (χ4n) is 6.24. The van der Waals surface area contributed by atoms with Gasteiger partial charge in [-0.3, -0.25) is 9.59 Å². The number of amides is 2. The van der Waals surface area contributed by atoms with Crippen LogP contribution >= 0.6 is 0 Å². The Balaban J connectivity index is 1.64. The molecule has 1 unspecified atom stereocenters. The van der Waals surface area contributed by atoms with Gasteiger partial charge in [0.25, 0.3) is 5.91 Å². The molecule has 1 spiro atoms. The maximum Gasteiger partial charge on any atom is 0.254 e. The van der Waals surface area contributed by atoms with Crippen molar-refractivity contribution in [2.24, 2.45) is 0 Å². The minimum atomic E-state index is -0.337. The van der Waals surface area contributed by atoms with Gasteiger partial charge in [0.05, 0.1) is 24.7 Å². The van der Waals surface area contributed by atoms with Gasteiger partial charge in [0, 0.05) is 24.7 Å². The molecule has 3 fully saturated rings. The first-order chi connectivity index (χ1) is 13.7. The van der Waals surface area contributed by atoms with E-state index in [-0.39, 0.29) is 23.3 Å². The number of hydrogen-bond donors (Lipinski definition) is 0. The summed E-state index contributed by atoms with van der Waals surface area (Å²) in [5.74, 6) is 0.131. The van der Waals surface area contributed by atoms with Gasteiger partial charge in [0.2, 0.25) is 5.91 Å². The van der Waals surface area contributed by atoms with Crippen LogP contribution in [0.1, 0.15) is 73.2 Å². The van der Waals surface area contributed by atoms with Crippen molar-refractivity contribution < 1.29 is 14.3 Å². The molecule has 0 N–H and O–H groups in total. The smallest absolute Gasteiger partial charge is 0.254 e. The highest BCUT2D eigenvalue weighted by Crippen LogP contribution is 2.53. The molecule has 5 rings (SSSR count). The highest BCUT2D eigenvalue weighted by atomic mass is 16.5. The van der Waals surface area contributed by atoms with Crippen LogP contribution in [-0.2, 0) is 9.53 Å². The van der Waals surface area contributed by atoms with Gasteiger partial charge < -0.3 is 14.5 Å². The van der Waals surface area contributed by atoms with E-state index >= 15 is 0 Å². The van der Waals surface area contributed by atoms with E-state index in [1.807, 2.05) is 29.2 Å². The van der Waals surface area contributed by atoms with E-state index in [2.05, 4.69) is 4.90 Å². The van der Waals surface area contributed by atoms with Crippen LogP contribution in [0.5, 0.6) is 0 Å².